The third kappa shape index (κ3) is 26.1. The summed E-state index contributed by atoms with van der Waals surface area (Å²) >= 11 is 0. The summed E-state index contributed by atoms with van der Waals surface area (Å²) in [7, 11) is 0. The van der Waals surface area contributed by atoms with Crippen LogP contribution in [0.5, 0.6) is 0 Å². The van der Waals surface area contributed by atoms with E-state index in [0.717, 1.165) is 25.7 Å². The van der Waals surface area contributed by atoms with Crippen LogP contribution < -0.4 is 27.4 Å². The maximum absolute atomic E-state index is 12.7. The van der Waals surface area contributed by atoms with Crippen LogP contribution in [-0.2, 0) is 19.1 Å². The molecule has 0 saturated carbocycles. The fourth-order valence-corrected chi connectivity index (χ4v) is 3.73. The minimum Gasteiger partial charge on any atom is -0.444 e. The van der Waals surface area contributed by atoms with Crippen molar-refractivity contribution in [2.24, 2.45) is 16.5 Å². The number of nitrogens with two attached hydrogens (primary N) is 2. The Balaban J connectivity index is 4.24. The number of alkyl carbamates (subject to hydrolysis) is 1. The first-order valence-electron chi connectivity index (χ1n) is 15.2. The predicted molar refractivity (Wildman–Crippen MR) is 166 cm³/mol. The number of hydrogen-bond acceptors (Lipinski definition) is 8. The third-order valence-corrected chi connectivity index (χ3v) is 5.71. The molecule has 0 aliphatic rings. The molecule has 0 spiro atoms. The zero-order valence-corrected chi connectivity index (χ0v) is 27.1. The highest BCUT2D eigenvalue weighted by molar-refractivity contribution is 5.84. The van der Waals surface area contributed by atoms with Crippen LogP contribution in [0.1, 0.15) is 99.3 Å². The van der Waals surface area contributed by atoms with Gasteiger partial charge in [0.15, 0.2) is 5.96 Å². The van der Waals surface area contributed by atoms with Crippen LogP contribution in [0.2, 0.25) is 0 Å². The minimum atomic E-state index is -0.762. The number of ether oxygens (including phenoxy) is 2. The molecule has 0 aliphatic carbocycles. The summed E-state index contributed by atoms with van der Waals surface area (Å²) in [6.07, 6.45) is 3.95. The number of aliphatic imine (C=N–C) groups is 1. The molecule has 0 aromatic carbocycles. The molecule has 14 heteroatoms. The number of guanidine groups is 1. The summed E-state index contributed by atoms with van der Waals surface area (Å²) in [4.78, 5) is 54.1. The van der Waals surface area contributed by atoms with Gasteiger partial charge in [-0.3, -0.25) is 14.6 Å². The van der Waals surface area contributed by atoms with Crippen LogP contribution in [0, 0.1) is 0 Å². The van der Waals surface area contributed by atoms with Gasteiger partial charge in [-0.15, -0.1) is 0 Å². The lowest BCUT2D eigenvalue weighted by Gasteiger charge is -2.27. The van der Waals surface area contributed by atoms with Crippen LogP contribution >= 0.6 is 0 Å². The van der Waals surface area contributed by atoms with Gasteiger partial charge >= 0.3 is 12.2 Å². The Morgan fingerprint density at radius 1 is 0.767 bits per heavy atom. The van der Waals surface area contributed by atoms with Crippen molar-refractivity contribution in [1.29, 1.82) is 0 Å². The van der Waals surface area contributed by atoms with Crippen molar-refractivity contribution in [3.8, 4) is 0 Å². The van der Waals surface area contributed by atoms with E-state index in [4.69, 9.17) is 20.9 Å². The van der Waals surface area contributed by atoms with Crippen molar-refractivity contribution >= 4 is 30.0 Å². The van der Waals surface area contributed by atoms with E-state index in [0.29, 0.717) is 58.4 Å². The van der Waals surface area contributed by atoms with Crippen LogP contribution in [0.4, 0.5) is 9.59 Å². The molecule has 0 fully saturated rings. The molecule has 43 heavy (non-hydrogen) atoms. The second kappa shape index (κ2) is 21.4. The molecule has 1 atom stereocenters. The zero-order valence-electron chi connectivity index (χ0n) is 27.1. The quantitative estimate of drug-likeness (QED) is 0.0672. The number of hydrogen-bond donors (Lipinski definition) is 6. The monoisotopic (exact) mass is 615 g/mol. The summed E-state index contributed by atoms with van der Waals surface area (Å²) < 4.78 is 10.7. The van der Waals surface area contributed by atoms with E-state index in [1.54, 1.807) is 46.4 Å². The molecule has 250 valence electrons. The molecule has 0 radical (unpaired) electrons. The Bertz CT molecular complexity index is 866. The highest BCUT2D eigenvalue weighted by atomic mass is 16.6. The van der Waals surface area contributed by atoms with Crippen LogP contribution in [0.25, 0.3) is 0 Å². The summed E-state index contributed by atoms with van der Waals surface area (Å²) in [6, 6.07) is 0. The summed E-state index contributed by atoms with van der Waals surface area (Å²) in [6.45, 7) is 12.7. The highest BCUT2D eigenvalue weighted by Crippen LogP contribution is 2.12. The number of aliphatic hydroxyl groups is 1. The smallest absolute Gasteiger partial charge is 0.410 e. The standard InChI is InChI=1S/C29H57N7O7/c1-28(2,3)42-26(40)34-17-13-19-36(27(41)43-29(4,5)6)18-12-11-15-32-24(39)21-35-23(38)20-22(37)14-9-7-8-10-16-33-25(30)31/h22,37H,7-21H2,1-6H3,(H,32,39)(H,34,40)(H,35,38)(H4,30,31,33). The number of amides is 4. The Kier molecular flexibility index (Phi) is 19.8. The Morgan fingerprint density at radius 3 is 2.00 bits per heavy atom. The fraction of sp³-hybridized carbons (Fsp3) is 0.828. The maximum Gasteiger partial charge on any atom is 0.410 e. The fourth-order valence-electron chi connectivity index (χ4n) is 3.73. The maximum atomic E-state index is 12.7. The van der Waals surface area contributed by atoms with E-state index in [9.17, 15) is 24.3 Å². The van der Waals surface area contributed by atoms with E-state index in [-0.39, 0.29) is 30.7 Å². The summed E-state index contributed by atoms with van der Waals surface area (Å²) in [5, 5.41) is 18.0. The normalized spacial score (nSPS) is 12.1. The topological polar surface area (TPSA) is 211 Å². The lowest BCUT2D eigenvalue weighted by atomic mass is 10.1. The van der Waals surface area contributed by atoms with Crippen molar-refractivity contribution in [3.63, 3.8) is 0 Å². The van der Waals surface area contributed by atoms with Crippen molar-refractivity contribution in [2.45, 2.75) is 117 Å². The van der Waals surface area contributed by atoms with Crippen LogP contribution in [0.3, 0.4) is 0 Å². The zero-order chi connectivity index (χ0) is 32.9. The highest BCUT2D eigenvalue weighted by Gasteiger charge is 2.22. The van der Waals surface area contributed by atoms with Gasteiger partial charge < -0.3 is 46.9 Å². The van der Waals surface area contributed by atoms with Crippen molar-refractivity contribution < 1.29 is 33.8 Å². The number of carbonyl (C=O) groups excluding carboxylic acids is 4. The molecule has 4 amide bonds. The van der Waals surface area contributed by atoms with Crippen LogP contribution in [0.15, 0.2) is 4.99 Å². The van der Waals surface area contributed by atoms with E-state index in [2.05, 4.69) is 20.9 Å². The molecular formula is C29H57N7O7. The summed E-state index contributed by atoms with van der Waals surface area (Å²) in [5.41, 5.74) is 9.31. The second-order valence-electron chi connectivity index (χ2n) is 12.5. The molecular weight excluding hydrogens is 558 g/mol. The predicted octanol–water partition coefficient (Wildman–Crippen LogP) is 2.13. The Hall–Kier alpha value is -3.29. The summed E-state index contributed by atoms with van der Waals surface area (Å²) in [5.74, 6) is -0.637. The average molecular weight is 616 g/mol. The number of carbonyl (C=O) groups is 4. The molecule has 8 N–H and O–H groups in total. The van der Waals surface area contributed by atoms with Gasteiger partial charge in [0.1, 0.15) is 11.2 Å². The SMILES string of the molecule is CC(C)(C)OC(=O)NCCCN(CCCCNC(=O)CNC(=O)CC(O)CCCCCCN=C(N)N)C(=O)OC(C)(C)C. The van der Waals surface area contributed by atoms with Gasteiger partial charge in [0.05, 0.1) is 19.1 Å². The number of rotatable bonds is 20. The molecule has 0 heterocycles. The average Bonchev–Trinajstić information content (AvgIpc) is 2.85. The number of aliphatic hydroxyl groups excluding tert-OH is 1. The van der Waals surface area contributed by atoms with Gasteiger partial charge in [-0.25, -0.2) is 9.59 Å². The molecule has 0 bridgehead atoms. The second-order valence-corrected chi connectivity index (χ2v) is 12.5. The van der Waals surface area contributed by atoms with Crippen molar-refractivity contribution in [1.82, 2.24) is 20.9 Å². The molecule has 14 nitrogen and oxygen atoms in total. The van der Waals surface area contributed by atoms with Gasteiger partial charge in [0, 0.05) is 32.7 Å². The van der Waals surface area contributed by atoms with Crippen LogP contribution in [-0.4, -0.2) is 96.5 Å². The van der Waals surface area contributed by atoms with Gasteiger partial charge in [-0.05, 0) is 73.6 Å². The van der Waals surface area contributed by atoms with E-state index >= 15 is 0 Å². The number of nitrogens with one attached hydrogen (secondary N) is 3. The molecule has 0 aromatic heterocycles. The molecule has 0 aromatic rings. The lowest BCUT2D eigenvalue weighted by Crippen LogP contribution is -2.40. The third-order valence-electron chi connectivity index (χ3n) is 5.71. The minimum absolute atomic E-state index is 0.0604. The molecule has 0 rings (SSSR count). The van der Waals surface area contributed by atoms with Crippen molar-refractivity contribution in [2.75, 3.05) is 39.3 Å². The van der Waals surface area contributed by atoms with Crippen molar-refractivity contribution in [3.05, 3.63) is 0 Å². The van der Waals surface area contributed by atoms with Gasteiger partial charge in [-0.2, -0.15) is 0 Å². The van der Waals surface area contributed by atoms with Gasteiger partial charge in [-0.1, -0.05) is 19.3 Å². The van der Waals surface area contributed by atoms with E-state index < -0.39 is 29.5 Å². The largest absolute Gasteiger partial charge is 0.444 e. The van der Waals surface area contributed by atoms with E-state index in [1.165, 1.54) is 0 Å². The Labute approximate surface area is 257 Å². The first kappa shape index (κ1) is 39.7. The first-order chi connectivity index (χ1) is 20.0. The molecule has 1 unspecified atom stereocenters. The van der Waals surface area contributed by atoms with Gasteiger partial charge in [0.2, 0.25) is 11.8 Å². The number of unbranched alkanes of at least 4 members (excludes halogenated alkanes) is 4. The first-order valence-corrected chi connectivity index (χ1v) is 15.2. The van der Waals surface area contributed by atoms with E-state index in [1.807, 2.05) is 0 Å². The lowest BCUT2D eigenvalue weighted by molar-refractivity contribution is -0.127. The number of nitrogens with zero attached hydrogens (tertiary/aromatic N) is 2. The van der Waals surface area contributed by atoms with Gasteiger partial charge in [0.25, 0.3) is 0 Å². The molecule has 0 saturated heterocycles. The molecule has 0 aliphatic heterocycles. The Morgan fingerprint density at radius 2 is 1.37 bits per heavy atom.